The van der Waals surface area contributed by atoms with E-state index in [-0.39, 0.29) is 12.5 Å². The Morgan fingerprint density at radius 1 is 1.09 bits per heavy atom. The number of nitrogens with zero attached hydrogens (tertiary/aromatic N) is 1. The monoisotopic (exact) mass is 644 g/mol. The number of hydrogen-bond acceptors (Lipinski definition) is 5. The Morgan fingerprint density at radius 2 is 1.91 bits per heavy atom. The van der Waals surface area contributed by atoms with Gasteiger partial charge >= 0.3 is 0 Å². The molecule has 0 atom stereocenters. The summed E-state index contributed by atoms with van der Waals surface area (Å²) in [5, 5.41) is 5.00. The second kappa shape index (κ2) is 13.4. The van der Waals surface area contributed by atoms with Crippen LogP contribution in [0.15, 0.2) is 68.6 Å². The molecule has 0 unspecified atom stereocenters. The van der Waals surface area contributed by atoms with Crippen molar-refractivity contribution in [1.82, 2.24) is 5.43 Å². The van der Waals surface area contributed by atoms with Crippen molar-refractivity contribution in [3.63, 3.8) is 0 Å². The predicted molar refractivity (Wildman–Crippen MR) is 148 cm³/mol. The zero-order chi connectivity index (χ0) is 24.5. The summed E-state index contributed by atoms with van der Waals surface area (Å²) in [5.74, 6) is 1.93. The molecule has 10 heteroatoms. The van der Waals surface area contributed by atoms with E-state index in [9.17, 15) is 4.79 Å². The van der Waals surface area contributed by atoms with E-state index in [1.807, 2.05) is 36.4 Å². The number of hydrazone groups is 1. The molecule has 0 heterocycles. The van der Waals surface area contributed by atoms with E-state index in [2.05, 4.69) is 42.4 Å². The average Bonchev–Trinajstić information content (AvgIpc) is 2.80. The number of thioether (sulfide) groups is 1. The Labute approximate surface area is 229 Å². The highest BCUT2D eigenvalue weighted by Crippen LogP contribution is 2.37. The molecule has 1 amide bonds. The van der Waals surface area contributed by atoms with Gasteiger partial charge in [0.05, 0.1) is 33.6 Å². The Kier molecular flexibility index (Phi) is 10.6. The van der Waals surface area contributed by atoms with Gasteiger partial charge in [-0.25, -0.2) is 5.43 Å². The highest BCUT2D eigenvalue weighted by atomic mass is 79.9. The van der Waals surface area contributed by atoms with Gasteiger partial charge in [-0.05, 0) is 69.0 Å². The summed E-state index contributed by atoms with van der Waals surface area (Å²) in [7, 11) is 1.55. The van der Waals surface area contributed by atoms with Crippen LogP contribution < -0.4 is 14.9 Å². The van der Waals surface area contributed by atoms with Gasteiger partial charge in [-0.2, -0.15) is 5.10 Å². The maximum Gasteiger partial charge on any atom is 0.250 e. The number of benzene rings is 3. The Morgan fingerprint density at radius 3 is 2.65 bits per heavy atom. The third kappa shape index (κ3) is 8.20. The zero-order valence-electron chi connectivity index (χ0n) is 18.0. The largest absolute Gasteiger partial charge is 0.493 e. The van der Waals surface area contributed by atoms with E-state index < -0.39 is 0 Å². The molecule has 0 fully saturated rings. The third-order valence-corrected chi connectivity index (χ3v) is 7.24. The molecule has 0 aliphatic rings. The molecule has 0 spiro atoms. The van der Waals surface area contributed by atoms with E-state index in [1.54, 1.807) is 31.5 Å². The quantitative estimate of drug-likeness (QED) is 0.183. The van der Waals surface area contributed by atoms with Gasteiger partial charge in [0, 0.05) is 10.2 Å². The summed E-state index contributed by atoms with van der Waals surface area (Å²) in [6.45, 7) is 0.285. The number of ether oxygens (including phenoxy) is 2. The first-order valence-electron chi connectivity index (χ1n) is 9.94. The van der Waals surface area contributed by atoms with Gasteiger partial charge in [-0.3, -0.25) is 4.79 Å². The maximum atomic E-state index is 12.1. The number of halogens is 4. The lowest BCUT2D eigenvalue weighted by molar-refractivity contribution is -0.118. The molecular weight excluding hydrogens is 627 g/mol. The summed E-state index contributed by atoms with van der Waals surface area (Å²) in [5.41, 5.74) is 5.29. The van der Waals surface area contributed by atoms with Crippen LogP contribution in [0.5, 0.6) is 11.5 Å². The van der Waals surface area contributed by atoms with Gasteiger partial charge in [-0.1, -0.05) is 57.3 Å². The molecule has 0 saturated carbocycles. The van der Waals surface area contributed by atoms with Crippen molar-refractivity contribution in [2.45, 2.75) is 12.4 Å². The molecule has 0 aliphatic heterocycles. The highest BCUT2D eigenvalue weighted by Gasteiger charge is 2.12. The molecule has 5 nitrogen and oxygen atoms in total. The minimum atomic E-state index is -0.177. The fraction of sp³-hybridized carbons (Fsp3) is 0.167. The standard InChI is InChI=1S/C24H20Br2Cl2N2O3S/c1-32-22-10-17(8-19(26)24(22)33-12-15-5-6-20(27)21(28)9-15)11-29-30-23(31)14-34-13-16-3-2-4-18(25)7-16/h2-11H,12-14H2,1H3,(H,30,31)/b29-11-. The van der Waals surface area contributed by atoms with Crippen molar-refractivity contribution < 1.29 is 14.3 Å². The van der Waals surface area contributed by atoms with Crippen LogP contribution in [0, 0.1) is 0 Å². The number of amides is 1. The SMILES string of the molecule is COc1cc(/C=N\NC(=O)CSCc2cccc(Br)c2)cc(Br)c1OCc1ccc(Cl)c(Cl)c1. The summed E-state index contributed by atoms with van der Waals surface area (Å²) < 4.78 is 13.1. The van der Waals surface area contributed by atoms with Crippen LogP contribution in [0.25, 0.3) is 0 Å². The second-order valence-electron chi connectivity index (χ2n) is 6.99. The first-order chi connectivity index (χ1) is 16.4. The van der Waals surface area contributed by atoms with Crippen molar-refractivity contribution in [2.75, 3.05) is 12.9 Å². The molecule has 0 aliphatic carbocycles. The lowest BCUT2D eigenvalue weighted by Gasteiger charge is -2.14. The van der Waals surface area contributed by atoms with Gasteiger partial charge in [0.15, 0.2) is 11.5 Å². The fourth-order valence-corrected chi connectivity index (χ4v) is 4.95. The van der Waals surface area contributed by atoms with E-state index in [4.69, 9.17) is 32.7 Å². The predicted octanol–water partition coefficient (Wildman–Crippen LogP) is 7.49. The van der Waals surface area contributed by atoms with Crippen LogP contribution in [0.2, 0.25) is 10.0 Å². The highest BCUT2D eigenvalue weighted by molar-refractivity contribution is 9.10. The van der Waals surface area contributed by atoms with Gasteiger partial charge in [0.1, 0.15) is 6.61 Å². The van der Waals surface area contributed by atoms with Crippen molar-refractivity contribution in [1.29, 1.82) is 0 Å². The molecule has 0 radical (unpaired) electrons. The van der Waals surface area contributed by atoms with E-state index >= 15 is 0 Å². The van der Waals surface area contributed by atoms with Crippen molar-refractivity contribution in [2.24, 2.45) is 5.10 Å². The Bertz CT molecular complexity index is 1190. The van der Waals surface area contributed by atoms with Crippen LogP contribution in [0.3, 0.4) is 0 Å². The molecular formula is C24H20Br2Cl2N2O3S. The number of hydrogen-bond donors (Lipinski definition) is 1. The zero-order valence-corrected chi connectivity index (χ0v) is 23.5. The van der Waals surface area contributed by atoms with Crippen LogP contribution in [0.1, 0.15) is 16.7 Å². The van der Waals surface area contributed by atoms with Gasteiger partial charge < -0.3 is 9.47 Å². The maximum absolute atomic E-state index is 12.1. The summed E-state index contributed by atoms with van der Waals surface area (Å²) >= 11 is 20.5. The van der Waals surface area contributed by atoms with E-state index in [0.29, 0.717) is 31.8 Å². The van der Waals surface area contributed by atoms with Crippen molar-refractivity contribution in [3.8, 4) is 11.5 Å². The smallest absolute Gasteiger partial charge is 0.250 e. The lowest BCUT2D eigenvalue weighted by Crippen LogP contribution is -2.19. The number of carbonyl (C=O) groups is 1. The summed E-state index contributed by atoms with van der Waals surface area (Å²) in [6.07, 6.45) is 1.55. The van der Waals surface area contributed by atoms with Gasteiger partial charge in [0.25, 0.3) is 0 Å². The normalized spacial score (nSPS) is 11.0. The number of nitrogens with one attached hydrogen (secondary N) is 1. The lowest BCUT2D eigenvalue weighted by atomic mass is 10.2. The van der Waals surface area contributed by atoms with Crippen LogP contribution >= 0.6 is 66.8 Å². The second-order valence-corrected chi connectivity index (χ2v) is 10.6. The first kappa shape index (κ1) is 26.9. The Hall–Kier alpha value is -1.71. The molecule has 0 aromatic heterocycles. The number of rotatable bonds is 10. The molecule has 0 saturated heterocycles. The van der Waals surface area contributed by atoms with Crippen LogP contribution in [-0.2, 0) is 17.2 Å². The number of methoxy groups -OCH3 is 1. The van der Waals surface area contributed by atoms with Crippen LogP contribution in [-0.4, -0.2) is 25.0 Å². The summed E-state index contributed by atoms with van der Waals surface area (Å²) in [4.78, 5) is 12.1. The van der Waals surface area contributed by atoms with Crippen molar-refractivity contribution >= 4 is 78.9 Å². The topological polar surface area (TPSA) is 59.9 Å². The van der Waals surface area contributed by atoms with E-state index in [1.165, 1.54) is 11.8 Å². The molecule has 34 heavy (non-hydrogen) atoms. The van der Waals surface area contributed by atoms with E-state index in [0.717, 1.165) is 26.9 Å². The minimum absolute atomic E-state index is 0.177. The summed E-state index contributed by atoms with van der Waals surface area (Å²) in [6, 6.07) is 16.9. The molecule has 178 valence electrons. The molecule has 3 rings (SSSR count). The van der Waals surface area contributed by atoms with Gasteiger partial charge in [-0.15, -0.1) is 11.8 Å². The fourth-order valence-electron chi connectivity index (χ4n) is 2.84. The molecule has 0 bridgehead atoms. The average molecular weight is 647 g/mol. The molecule has 1 N–H and O–H groups in total. The first-order valence-corrected chi connectivity index (χ1v) is 13.4. The van der Waals surface area contributed by atoms with Gasteiger partial charge in [0.2, 0.25) is 5.91 Å². The van der Waals surface area contributed by atoms with Crippen LogP contribution in [0.4, 0.5) is 0 Å². The third-order valence-electron chi connectivity index (χ3n) is 4.41. The van der Waals surface area contributed by atoms with Crippen molar-refractivity contribution in [3.05, 3.63) is 90.3 Å². The molecule has 3 aromatic rings. The minimum Gasteiger partial charge on any atom is -0.493 e. The number of carbonyl (C=O) groups excluding carboxylic acids is 1. The Balaban J connectivity index is 1.54. The molecule has 3 aromatic carbocycles.